The first-order valence-corrected chi connectivity index (χ1v) is 5.81. The Morgan fingerprint density at radius 1 is 1.41 bits per heavy atom. The number of hydrogen-bond donors (Lipinski definition) is 1. The number of hydrogen-bond acceptors (Lipinski definition) is 1. The molecule has 1 unspecified atom stereocenters. The first kappa shape index (κ1) is 14.3. The van der Waals surface area contributed by atoms with Gasteiger partial charge in [0, 0.05) is 4.47 Å². The van der Waals surface area contributed by atoms with Gasteiger partial charge >= 0.3 is 6.18 Å². The smallest absolute Gasteiger partial charge is 0.388 e. The molecule has 1 atom stereocenters. The summed E-state index contributed by atoms with van der Waals surface area (Å²) in [4.78, 5) is 0. The van der Waals surface area contributed by atoms with E-state index in [2.05, 4.69) is 22.5 Å². The average molecular weight is 309 g/mol. The molecule has 0 aliphatic carbocycles. The molecule has 0 spiro atoms. The second kappa shape index (κ2) is 5.69. The Kier molecular flexibility index (Phi) is 4.77. The number of alkyl halides is 3. The van der Waals surface area contributed by atoms with E-state index in [-0.39, 0.29) is 10.0 Å². The van der Waals surface area contributed by atoms with Gasteiger partial charge in [0.2, 0.25) is 0 Å². The van der Waals surface area contributed by atoms with Gasteiger partial charge in [-0.2, -0.15) is 13.2 Å². The number of benzene rings is 1. The lowest BCUT2D eigenvalue weighted by molar-refractivity contribution is -0.138. The number of rotatable bonds is 4. The molecule has 1 N–H and O–H groups in total. The first-order valence-electron chi connectivity index (χ1n) is 5.02. The van der Waals surface area contributed by atoms with Crippen LogP contribution in [0.15, 0.2) is 35.3 Å². The molecule has 1 rings (SSSR count). The van der Waals surface area contributed by atoms with Crippen LogP contribution < -0.4 is 0 Å². The Balaban J connectivity index is 3.00. The molecular formula is C12H12BrF3O. The Morgan fingerprint density at radius 2 is 2.06 bits per heavy atom. The monoisotopic (exact) mass is 308 g/mol. The quantitative estimate of drug-likeness (QED) is 0.814. The van der Waals surface area contributed by atoms with E-state index in [1.165, 1.54) is 12.1 Å². The summed E-state index contributed by atoms with van der Waals surface area (Å²) in [5.74, 6) is 0. The van der Waals surface area contributed by atoms with Crippen molar-refractivity contribution in [2.75, 3.05) is 0 Å². The van der Waals surface area contributed by atoms with E-state index in [0.717, 1.165) is 6.07 Å². The van der Waals surface area contributed by atoms with E-state index in [0.29, 0.717) is 12.8 Å². The minimum Gasteiger partial charge on any atom is -0.388 e. The van der Waals surface area contributed by atoms with Crippen LogP contribution in [-0.2, 0) is 6.18 Å². The summed E-state index contributed by atoms with van der Waals surface area (Å²) in [5, 5.41) is 9.70. The standard InChI is InChI=1S/C12H12BrF3O/c1-2-3-4-11(17)8-5-6-10(13)9(7-8)12(14,15)16/h2,5-7,11,17H,1,3-4H2. The summed E-state index contributed by atoms with van der Waals surface area (Å²) in [5.41, 5.74) is -0.505. The lowest BCUT2D eigenvalue weighted by Gasteiger charge is -2.14. The molecule has 0 aliphatic heterocycles. The molecule has 0 aliphatic rings. The molecule has 0 saturated heterocycles. The highest BCUT2D eigenvalue weighted by molar-refractivity contribution is 9.10. The Labute approximate surface area is 106 Å². The van der Waals surface area contributed by atoms with Crippen LogP contribution in [0.5, 0.6) is 0 Å². The van der Waals surface area contributed by atoms with Gasteiger partial charge in [0.15, 0.2) is 0 Å². The van der Waals surface area contributed by atoms with Gasteiger partial charge < -0.3 is 5.11 Å². The van der Waals surface area contributed by atoms with Gasteiger partial charge in [-0.05, 0) is 30.5 Å². The maximum Gasteiger partial charge on any atom is 0.417 e. The molecule has 1 aromatic rings. The van der Waals surface area contributed by atoms with Crippen LogP contribution in [-0.4, -0.2) is 5.11 Å². The predicted octanol–water partition coefficient (Wildman–Crippen LogP) is 4.47. The number of allylic oxidation sites excluding steroid dienone is 1. The Hall–Kier alpha value is -0.810. The minimum absolute atomic E-state index is 0.0235. The molecule has 94 valence electrons. The third-order valence-electron chi connectivity index (χ3n) is 2.32. The lowest BCUT2D eigenvalue weighted by Crippen LogP contribution is -2.08. The van der Waals surface area contributed by atoms with Crippen LogP contribution in [0.4, 0.5) is 13.2 Å². The van der Waals surface area contributed by atoms with Crippen molar-refractivity contribution in [1.82, 2.24) is 0 Å². The van der Waals surface area contributed by atoms with Crippen molar-refractivity contribution in [1.29, 1.82) is 0 Å². The van der Waals surface area contributed by atoms with Crippen molar-refractivity contribution in [3.05, 3.63) is 46.5 Å². The normalized spacial score (nSPS) is 13.5. The molecule has 0 bridgehead atoms. The molecule has 17 heavy (non-hydrogen) atoms. The number of aliphatic hydroxyl groups is 1. The van der Waals surface area contributed by atoms with Crippen molar-refractivity contribution in [2.45, 2.75) is 25.1 Å². The molecule has 0 radical (unpaired) electrons. The molecule has 0 fully saturated rings. The topological polar surface area (TPSA) is 20.2 Å². The third-order valence-corrected chi connectivity index (χ3v) is 3.02. The molecule has 5 heteroatoms. The maximum atomic E-state index is 12.6. The molecule has 0 aromatic heterocycles. The fourth-order valence-corrected chi connectivity index (χ4v) is 1.88. The third kappa shape index (κ3) is 3.85. The fraction of sp³-hybridized carbons (Fsp3) is 0.333. The molecule has 0 saturated carbocycles. The zero-order chi connectivity index (χ0) is 13.1. The van der Waals surface area contributed by atoms with Crippen LogP contribution in [0.2, 0.25) is 0 Å². The summed E-state index contributed by atoms with van der Waals surface area (Å²) >= 11 is 2.85. The molecule has 0 amide bonds. The van der Waals surface area contributed by atoms with Crippen molar-refractivity contribution in [3.8, 4) is 0 Å². The largest absolute Gasteiger partial charge is 0.417 e. The molecule has 1 aromatic carbocycles. The van der Waals surface area contributed by atoms with Crippen molar-refractivity contribution in [2.24, 2.45) is 0 Å². The van der Waals surface area contributed by atoms with Gasteiger partial charge in [-0.25, -0.2) is 0 Å². The maximum absolute atomic E-state index is 12.6. The summed E-state index contributed by atoms with van der Waals surface area (Å²) in [7, 11) is 0. The van der Waals surface area contributed by atoms with E-state index in [9.17, 15) is 18.3 Å². The van der Waals surface area contributed by atoms with E-state index in [4.69, 9.17) is 0 Å². The van der Waals surface area contributed by atoms with Gasteiger partial charge in [-0.1, -0.05) is 28.1 Å². The van der Waals surface area contributed by atoms with E-state index in [1.807, 2.05) is 0 Å². The van der Waals surface area contributed by atoms with Gasteiger partial charge in [0.05, 0.1) is 11.7 Å². The van der Waals surface area contributed by atoms with E-state index < -0.39 is 17.8 Å². The SMILES string of the molecule is C=CCCC(O)c1ccc(Br)c(C(F)(F)F)c1. The van der Waals surface area contributed by atoms with Gasteiger partial charge in [0.25, 0.3) is 0 Å². The van der Waals surface area contributed by atoms with Crippen LogP contribution >= 0.6 is 15.9 Å². The van der Waals surface area contributed by atoms with Crippen molar-refractivity contribution in [3.63, 3.8) is 0 Å². The molecule has 0 heterocycles. The fourth-order valence-electron chi connectivity index (χ4n) is 1.41. The van der Waals surface area contributed by atoms with E-state index >= 15 is 0 Å². The van der Waals surface area contributed by atoms with Crippen LogP contribution in [0, 0.1) is 0 Å². The van der Waals surface area contributed by atoms with Gasteiger partial charge in [0.1, 0.15) is 0 Å². The predicted molar refractivity (Wildman–Crippen MR) is 63.5 cm³/mol. The van der Waals surface area contributed by atoms with Crippen molar-refractivity contribution >= 4 is 15.9 Å². The zero-order valence-corrected chi connectivity index (χ0v) is 10.6. The second-order valence-electron chi connectivity index (χ2n) is 3.62. The average Bonchev–Trinajstić information content (AvgIpc) is 2.25. The van der Waals surface area contributed by atoms with E-state index in [1.54, 1.807) is 6.08 Å². The van der Waals surface area contributed by atoms with Gasteiger partial charge in [-0.3, -0.25) is 0 Å². The summed E-state index contributed by atoms with van der Waals surface area (Å²) in [6.45, 7) is 3.50. The second-order valence-corrected chi connectivity index (χ2v) is 4.47. The number of aliphatic hydroxyl groups excluding tert-OH is 1. The van der Waals surface area contributed by atoms with Crippen LogP contribution in [0.25, 0.3) is 0 Å². The van der Waals surface area contributed by atoms with Gasteiger partial charge in [-0.15, -0.1) is 6.58 Å². The van der Waals surface area contributed by atoms with Crippen molar-refractivity contribution < 1.29 is 18.3 Å². The Bertz CT molecular complexity index is 401. The highest BCUT2D eigenvalue weighted by Crippen LogP contribution is 2.36. The summed E-state index contributed by atoms with van der Waals surface area (Å²) in [6, 6.07) is 3.75. The van der Waals surface area contributed by atoms with Crippen LogP contribution in [0.3, 0.4) is 0 Å². The lowest BCUT2D eigenvalue weighted by atomic mass is 10.0. The summed E-state index contributed by atoms with van der Waals surface area (Å²) in [6.07, 6.45) is -2.79. The highest BCUT2D eigenvalue weighted by Gasteiger charge is 2.33. The highest BCUT2D eigenvalue weighted by atomic mass is 79.9. The molecular weight excluding hydrogens is 297 g/mol. The minimum atomic E-state index is -4.42. The van der Waals surface area contributed by atoms with Crippen LogP contribution in [0.1, 0.15) is 30.1 Å². The summed E-state index contributed by atoms with van der Waals surface area (Å²) < 4.78 is 37.8. The Morgan fingerprint density at radius 3 is 2.59 bits per heavy atom. The molecule has 1 nitrogen and oxygen atoms in total. The first-order chi connectivity index (χ1) is 7.86. The number of halogens is 4. The zero-order valence-electron chi connectivity index (χ0n) is 8.97.